The van der Waals surface area contributed by atoms with E-state index in [1.807, 2.05) is 53.2 Å². The fourth-order valence-corrected chi connectivity index (χ4v) is 4.21. The van der Waals surface area contributed by atoms with Gasteiger partial charge in [-0.15, -0.1) is 10.2 Å². The van der Waals surface area contributed by atoms with Gasteiger partial charge >= 0.3 is 0 Å². The fourth-order valence-electron chi connectivity index (χ4n) is 3.04. The minimum absolute atomic E-state index is 0.419. The van der Waals surface area contributed by atoms with Crippen molar-refractivity contribution >= 4 is 56.8 Å². The molecule has 4 aromatic rings. The maximum Gasteiger partial charge on any atom is 0.218 e. The molecule has 0 atom stereocenters. The van der Waals surface area contributed by atoms with Gasteiger partial charge in [0.25, 0.3) is 0 Å². The van der Waals surface area contributed by atoms with Crippen LogP contribution in [0.4, 0.5) is 16.5 Å². The standard InChI is InChI=1S/C22H21ClN6O2S2/c1-30-18-10-9-16(12-19(18)31-2)24-13-17-4-3-11-29(17)22-28-27-21(33-22)26-20(32)25-15-7-5-14(23)6-8-15/h3-12,24H,13H2,1-2H3,(H2,25,26,27,32). The summed E-state index contributed by atoms with van der Waals surface area (Å²) in [5.41, 5.74) is 2.77. The van der Waals surface area contributed by atoms with E-state index in [4.69, 9.17) is 33.3 Å². The van der Waals surface area contributed by atoms with Crippen LogP contribution in [0.5, 0.6) is 11.5 Å². The van der Waals surface area contributed by atoms with E-state index in [0.717, 1.165) is 22.2 Å². The van der Waals surface area contributed by atoms with E-state index in [2.05, 4.69) is 26.1 Å². The minimum Gasteiger partial charge on any atom is -0.493 e. The molecular formula is C22H21ClN6O2S2. The van der Waals surface area contributed by atoms with Gasteiger partial charge in [0.2, 0.25) is 10.3 Å². The van der Waals surface area contributed by atoms with Crippen molar-refractivity contribution in [2.45, 2.75) is 6.54 Å². The summed E-state index contributed by atoms with van der Waals surface area (Å²) in [6, 6.07) is 17.0. The topological polar surface area (TPSA) is 85.3 Å². The number of thiocarbonyl (C=S) groups is 1. The zero-order valence-electron chi connectivity index (χ0n) is 17.8. The molecule has 0 bridgehead atoms. The van der Waals surface area contributed by atoms with Gasteiger partial charge < -0.3 is 25.4 Å². The molecule has 2 aromatic heterocycles. The molecule has 33 heavy (non-hydrogen) atoms. The maximum atomic E-state index is 5.92. The van der Waals surface area contributed by atoms with E-state index < -0.39 is 0 Å². The van der Waals surface area contributed by atoms with E-state index in [1.165, 1.54) is 11.3 Å². The molecule has 0 saturated carbocycles. The number of nitrogens with one attached hydrogen (secondary N) is 3. The Kier molecular flexibility index (Phi) is 7.28. The zero-order chi connectivity index (χ0) is 23.2. The summed E-state index contributed by atoms with van der Waals surface area (Å²) in [6.07, 6.45) is 1.94. The molecule has 0 spiro atoms. The maximum absolute atomic E-state index is 5.92. The van der Waals surface area contributed by atoms with Crippen molar-refractivity contribution in [1.82, 2.24) is 14.8 Å². The molecule has 2 aromatic carbocycles. The second-order valence-electron chi connectivity index (χ2n) is 6.77. The summed E-state index contributed by atoms with van der Waals surface area (Å²) >= 11 is 12.7. The first-order valence-electron chi connectivity index (χ1n) is 9.85. The lowest BCUT2D eigenvalue weighted by Gasteiger charge is -2.12. The third-order valence-electron chi connectivity index (χ3n) is 4.63. The lowest BCUT2D eigenvalue weighted by molar-refractivity contribution is 0.355. The Labute approximate surface area is 205 Å². The fraction of sp³-hybridized carbons (Fsp3) is 0.136. The lowest BCUT2D eigenvalue weighted by Crippen LogP contribution is -2.18. The number of ether oxygens (including phenoxy) is 2. The highest BCUT2D eigenvalue weighted by Crippen LogP contribution is 2.30. The van der Waals surface area contributed by atoms with Gasteiger partial charge in [0.1, 0.15) is 0 Å². The van der Waals surface area contributed by atoms with Crippen LogP contribution in [0.15, 0.2) is 60.8 Å². The van der Waals surface area contributed by atoms with Crippen molar-refractivity contribution in [2.24, 2.45) is 0 Å². The minimum atomic E-state index is 0.419. The molecule has 0 aliphatic heterocycles. The molecule has 0 saturated heterocycles. The average molecular weight is 501 g/mol. The zero-order valence-corrected chi connectivity index (χ0v) is 20.2. The first-order chi connectivity index (χ1) is 16.1. The number of nitrogens with zero attached hydrogens (tertiary/aromatic N) is 3. The van der Waals surface area contributed by atoms with Crippen LogP contribution in [0.1, 0.15) is 5.69 Å². The van der Waals surface area contributed by atoms with E-state index in [-0.39, 0.29) is 0 Å². The Morgan fingerprint density at radius 2 is 1.76 bits per heavy atom. The monoisotopic (exact) mass is 500 g/mol. The van der Waals surface area contributed by atoms with E-state index in [0.29, 0.717) is 33.3 Å². The quantitative estimate of drug-likeness (QED) is 0.276. The smallest absolute Gasteiger partial charge is 0.218 e. The summed E-state index contributed by atoms with van der Waals surface area (Å²) in [6.45, 7) is 0.585. The first-order valence-corrected chi connectivity index (χ1v) is 11.5. The van der Waals surface area contributed by atoms with Crippen molar-refractivity contribution in [1.29, 1.82) is 0 Å². The number of anilines is 3. The van der Waals surface area contributed by atoms with Crippen molar-refractivity contribution < 1.29 is 9.47 Å². The molecule has 8 nitrogen and oxygen atoms in total. The summed E-state index contributed by atoms with van der Waals surface area (Å²) in [4.78, 5) is 0. The van der Waals surface area contributed by atoms with Gasteiger partial charge in [-0.3, -0.25) is 4.57 Å². The summed E-state index contributed by atoms with van der Waals surface area (Å²) in [5.74, 6) is 1.35. The molecular weight excluding hydrogens is 480 g/mol. The van der Waals surface area contributed by atoms with E-state index in [1.54, 1.807) is 26.4 Å². The lowest BCUT2D eigenvalue weighted by atomic mass is 10.2. The first kappa shape index (κ1) is 22.8. The van der Waals surface area contributed by atoms with Crippen molar-refractivity contribution in [2.75, 3.05) is 30.2 Å². The number of hydrogen-bond acceptors (Lipinski definition) is 7. The Morgan fingerprint density at radius 1 is 1.00 bits per heavy atom. The number of rotatable bonds is 8. The van der Waals surface area contributed by atoms with Crippen LogP contribution >= 0.6 is 35.2 Å². The Balaban J connectivity index is 1.39. The van der Waals surface area contributed by atoms with Gasteiger partial charge in [-0.05, 0) is 60.7 Å². The van der Waals surface area contributed by atoms with E-state index >= 15 is 0 Å². The molecule has 11 heteroatoms. The van der Waals surface area contributed by atoms with Gasteiger partial charge in [-0.2, -0.15) is 0 Å². The Bertz CT molecular complexity index is 1240. The molecule has 0 fully saturated rings. The van der Waals surface area contributed by atoms with Crippen LogP contribution in [0, 0.1) is 0 Å². The van der Waals surface area contributed by atoms with Gasteiger partial charge in [0.15, 0.2) is 16.6 Å². The van der Waals surface area contributed by atoms with Crippen molar-refractivity contribution in [3.05, 3.63) is 71.5 Å². The molecule has 0 amide bonds. The largest absolute Gasteiger partial charge is 0.493 e. The molecule has 2 heterocycles. The predicted octanol–water partition coefficient (Wildman–Crippen LogP) is 5.42. The van der Waals surface area contributed by atoms with Crippen LogP contribution in [0.25, 0.3) is 5.13 Å². The molecule has 0 radical (unpaired) electrons. The predicted molar refractivity (Wildman–Crippen MR) is 137 cm³/mol. The van der Waals surface area contributed by atoms with Crippen LogP contribution < -0.4 is 25.4 Å². The van der Waals surface area contributed by atoms with Crippen molar-refractivity contribution in [3.63, 3.8) is 0 Å². The van der Waals surface area contributed by atoms with Gasteiger partial charge in [-0.25, -0.2) is 0 Å². The van der Waals surface area contributed by atoms with Crippen molar-refractivity contribution in [3.8, 4) is 16.6 Å². The second-order valence-corrected chi connectivity index (χ2v) is 8.57. The van der Waals surface area contributed by atoms with Crippen LogP contribution in [0.2, 0.25) is 5.02 Å². The number of hydrogen-bond donors (Lipinski definition) is 3. The van der Waals surface area contributed by atoms with Crippen LogP contribution in [-0.2, 0) is 6.54 Å². The second kappa shape index (κ2) is 10.5. The van der Waals surface area contributed by atoms with Crippen LogP contribution in [-0.4, -0.2) is 34.1 Å². The molecule has 0 aliphatic rings. The molecule has 0 unspecified atom stereocenters. The average Bonchev–Trinajstić information content (AvgIpc) is 3.48. The summed E-state index contributed by atoms with van der Waals surface area (Å²) < 4.78 is 12.6. The number of methoxy groups -OCH3 is 2. The molecule has 0 aliphatic carbocycles. The number of aromatic nitrogens is 3. The molecule has 170 valence electrons. The normalized spacial score (nSPS) is 10.5. The SMILES string of the molecule is COc1ccc(NCc2cccn2-c2nnc(NC(=S)Nc3ccc(Cl)cc3)s2)cc1OC. The van der Waals surface area contributed by atoms with Gasteiger partial charge in [0, 0.05) is 34.4 Å². The highest BCUT2D eigenvalue weighted by atomic mass is 35.5. The molecule has 3 N–H and O–H groups in total. The summed E-state index contributed by atoms with van der Waals surface area (Å²) in [5, 5.41) is 20.5. The molecule has 4 rings (SSSR count). The third-order valence-corrected chi connectivity index (χ3v) is 5.93. The van der Waals surface area contributed by atoms with Gasteiger partial charge in [-0.1, -0.05) is 22.9 Å². The summed E-state index contributed by atoms with van der Waals surface area (Å²) in [7, 11) is 3.23. The Morgan fingerprint density at radius 3 is 2.52 bits per heavy atom. The number of halogens is 1. The number of benzene rings is 2. The highest BCUT2D eigenvalue weighted by molar-refractivity contribution is 7.80. The van der Waals surface area contributed by atoms with Crippen LogP contribution in [0.3, 0.4) is 0 Å². The van der Waals surface area contributed by atoms with Gasteiger partial charge in [0.05, 0.1) is 20.8 Å². The third kappa shape index (κ3) is 5.72. The highest BCUT2D eigenvalue weighted by Gasteiger charge is 2.11. The van der Waals surface area contributed by atoms with E-state index in [9.17, 15) is 0 Å². The Hall–Kier alpha value is -3.34.